The highest BCUT2D eigenvalue weighted by molar-refractivity contribution is 14.0. The normalized spacial score (nSPS) is 10.6. The Bertz CT molecular complexity index is 679. The highest BCUT2D eigenvalue weighted by atomic mass is 127. The Balaban J connectivity index is 0.00000312. The highest BCUT2D eigenvalue weighted by Crippen LogP contribution is 2.10. The number of halogens is 2. The number of benzene rings is 1. The van der Waals surface area contributed by atoms with Gasteiger partial charge in [-0.15, -0.1) is 24.0 Å². The number of rotatable bonds is 6. The number of anilines is 1. The predicted molar refractivity (Wildman–Crippen MR) is 113 cm³/mol. The van der Waals surface area contributed by atoms with Crippen molar-refractivity contribution in [2.24, 2.45) is 4.99 Å². The van der Waals surface area contributed by atoms with E-state index < -0.39 is 0 Å². The van der Waals surface area contributed by atoms with Crippen LogP contribution in [0, 0.1) is 0 Å². The van der Waals surface area contributed by atoms with Crippen LogP contribution in [0.1, 0.15) is 12.5 Å². The van der Waals surface area contributed by atoms with Crippen LogP contribution in [0.2, 0.25) is 5.02 Å². The molecule has 1 amide bonds. The monoisotopic (exact) mass is 473 g/mol. The number of aliphatic imine (C=N–C) groups is 1. The van der Waals surface area contributed by atoms with Crippen LogP contribution in [0.25, 0.3) is 0 Å². The summed E-state index contributed by atoms with van der Waals surface area (Å²) in [6, 6.07) is 11.0. The minimum absolute atomic E-state index is 0. The summed E-state index contributed by atoms with van der Waals surface area (Å²) in [5.74, 6) is 0.411. The van der Waals surface area contributed by atoms with Crippen molar-refractivity contribution in [3.05, 3.63) is 59.4 Å². The van der Waals surface area contributed by atoms with E-state index in [9.17, 15) is 4.79 Å². The van der Waals surface area contributed by atoms with Gasteiger partial charge in [-0.25, -0.2) is 4.99 Å². The molecule has 1 heterocycles. The van der Waals surface area contributed by atoms with E-state index in [0.717, 1.165) is 5.56 Å². The fourth-order valence-electron chi connectivity index (χ4n) is 1.91. The molecular formula is C17H21ClIN5O. The molecule has 3 N–H and O–H groups in total. The van der Waals surface area contributed by atoms with Crippen molar-refractivity contribution in [2.75, 3.05) is 18.4 Å². The fraction of sp³-hybridized carbons (Fsp3) is 0.235. The van der Waals surface area contributed by atoms with E-state index in [1.807, 2.05) is 31.2 Å². The second-order valence-electron chi connectivity index (χ2n) is 4.97. The zero-order chi connectivity index (χ0) is 17.2. The van der Waals surface area contributed by atoms with E-state index in [-0.39, 0.29) is 36.4 Å². The first kappa shape index (κ1) is 21.2. The lowest BCUT2D eigenvalue weighted by atomic mass is 10.2. The maximum atomic E-state index is 11.9. The van der Waals surface area contributed by atoms with Crippen LogP contribution in [0.5, 0.6) is 0 Å². The van der Waals surface area contributed by atoms with Crippen LogP contribution in [-0.4, -0.2) is 29.9 Å². The predicted octanol–water partition coefficient (Wildman–Crippen LogP) is 3.05. The molecule has 25 heavy (non-hydrogen) atoms. The second-order valence-corrected chi connectivity index (χ2v) is 5.40. The number of carbonyl (C=O) groups excluding carboxylic acids is 1. The Kier molecular flexibility index (Phi) is 9.86. The number of hydrogen-bond donors (Lipinski definition) is 3. The van der Waals surface area contributed by atoms with Crippen molar-refractivity contribution >= 4 is 53.1 Å². The topological polar surface area (TPSA) is 78.4 Å². The van der Waals surface area contributed by atoms with E-state index in [1.165, 1.54) is 0 Å². The molecule has 6 nitrogen and oxygen atoms in total. The zero-order valence-corrected chi connectivity index (χ0v) is 16.9. The second kappa shape index (κ2) is 11.6. The van der Waals surface area contributed by atoms with Crippen LogP contribution < -0.4 is 16.0 Å². The van der Waals surface area contributed by atoms with Crippen LogP contribution in [0.15, 0.2) is 53.8 Å². The van der Waals surface area contributed by atoms with Crippen molar-refractivity contribution in [3.63, 3.8) is 0 Å². The molecule has 0 atom stereocenters. The van der Waals surface area contributed by atoms with Gasteiger partial charge in [0.05, 0.1) is 25.0 Å². The van der Waals surface area contributed by atoms with E-state index in [4.69, 9.17) is 11.6 Å². The van der Waals surface area contributed by atoms with Gasteiger partial charge in [-0.05, 0) is 36.8 Å². The molecule has 1 aromatic carbocycles. The van der Waals surface area contributed by atoms with Gasteiger partial charge in [0.2, 0.25) is 5.91 Å². The Labute approximate surface area is 169 Å². The summed E-state index contributed by atoms with van der Waals surface area (Å²) >= 11 is 5.87. The van der Waals surface area contributed by atoms with Gasteiger partial charge in [0, 0.05) is 17.8 Å². The average molecular weight is 474 g/mol. The number of carbonyl (C=O) groups is 1. The Hall–Kier alpha value is -1.87. The lowest BCUT2D eigenvalue weighted by Crippen LogP contribution is -2.41. The molecule has 0 bridgehead atoms. The molecule has 0 aliphatic carbocycles. The summed E-state index contributed by atoms with van der Waals surface area (Å²) in [6.07, 6.45) is 3.25. The molecule has 134 valence electrons. The molecule has 0 spiro atoms. The van der Waals surface area contributed by atoms with Gasteiger partial charge in [0.15, 0.2) is 5.96 Å². The fourth-order valence-corrected chi connectivity index (χ4v) is 2.03. The molecule has 0 aliphatic rings. The van der Waals surface area contributed by atoms with Crippen molar-refractivity contribution in [1.82, 2.24) is 15.6 Å². The first-order chi connectivity index (χ1) is 11.7. The smallest absolute Gasteiger partial charge is 0.243 e. The standard InChI is InChI=1S/C17H20ClN5O.HI/c1-2-20-17(21-10-13-5-7-14(18)8-6-13)22-12-16(24)23-15-4-3-9-19-11-15;/h3-9,11H,2,10,12H2,1H3,(H,23,24)(H2,20,21,22);1H. The minimum atomic E-state index is -0.167. The van der Waals surface area contributed by atoms with E-state index in [1.54, 1.807) is 24.5 Å². The number of hydrogen-bond acceptors (Lipinski definition) is 3. The number of nitrogens with one attached hydrogen (secondary N) is 3. The average Bonchev–Trinajstić information content (AvgIpc) is 2.59. The van der Waals surface area contributed by atoms with Gasteiger partial charge < -0.3 is 16.0 Å². The lowest BCUT2D eigenvalue weighted by Gasteiger charge is -2.11. The SMILES string of the molecule is CCNC(=NCc1ccc(Cl)cc1)NCC(=O)Nc1cccnc1.I. The summed E-state index contributed by atoms with van der Waals surface area (Å²) in [5.41, 5.74) is 1.70. The van der Waals surface area contributed by atoms with Crippen molar-refractivity contribution in [3.8, 4) is 0 Å². The summed E-state index contributed by atoms with van der Waals surface area (Å²) < 4.78 is 0. The number of pyridine rings is 1. The van der Waals surface area contributed by atoms with Gasteiger partial charge in [-0.1, -0.05) is 23.7 Å². The number of aromatic nitrogens is 1. The van der Waals surface area contributed by atoms with Gasteiger partial charge >= 0.3 is 0 Å². The molecule has 0 unspecified atom stereocenters. The summed E-state index contributed by atoms with van der Waals surface area (Å²) in [6.45, 7) is 3.28. The number of nitrogens with zero attached hydrogens (tertiary/aromatic N) is 2. The Morgan fingerprint density at radius 1 is 1.20 bits per heavy atom. The first-order valence-electron chi connectivity index (χ1n) is 7.64. The van der Waals surface area contributed by atoms with E-state index in [0.29, 0.717) is 29.8 Å². The maximum absolute atomic E-state index is 11.9. The molecule has 2 aromatic rings. The van der Waals surface area contributed by atoms with Crippen molar-refractivity contribution in [1.29, 1.82) is 0 Å². The first-order valence-corrected chi connectivity index (χ1v) is 8.01. The molecule has 0 fully saturated rings. The molecule has 0 aliphatic heterocycles. The molecule has 8 heteroatoms. The van der Waals surface area contributed by atoms with Crippen LogP contribution in [0.3, 0.4) is 0 Å². The summed E-state index contributed by atoms with van der Waals surface area (Å²) in [7, 11) is 0. The van der Waals surface area contributed by atoms with E-state index in [2.05, 4.69) is 25.9 Å². The van der Waals surface area contributed by atoms with Crippen LogP contribution in [-0.2, 0) is 11.3 Å². The van der Waals surface area contributed by atoms with Crippen LogP contribution >= 0.6 is 35.6 Å². The molecule has 0 saturated carbocycles. The van der Waals surface area contributed by atoms with Crippen LogP contribution in [0.4, 0.5) is 5.69 Å². The van der Waals surface area contributed by atoms with Crippen molar-refractivity contribution < 1.29 is 4.79 Å². The highest BCUT2D eigenvalue weighted by Gasteiger charge is 2.04. The summed E-state index contributed by atoms with van der Waals surface area (Å²) in [5, 5.41) is 9.56. The maximum Gasteiger partial charge on any atom is 0.243 e. The third kappa shape index (κ3) is 8.17. The van der Waals surface area contributed by atoms with Crippen molar-refractivity contribution in [2.45, 2.75) is 13.5 Å². The third-order valence-corrected chi connectivity index (χ3v) is 3.29. The quantitative estimate of drug-likeness (QED) is 0.342. The van der Waals surface area contributed by atoms with Gasteiger partial charge in [-0.2, -0.15) is 0 Å². The Morgan fingerprint density at radius 3 is 2.60 bits per heavy atom. The van der Waals surface area contributed by atoms with Gasteiger partial charge in [0.1, 0.15) is 0 Å². The van der Waals surface area contributed by atoms with Gasteiger partial charge in [-0.3, -0.25) is 9.78 Å². The number of amides is 1. The minimum Gasteiger partial charge on any atom is -0.357 e. The number of guanidine groups is 1. The lowest BCUT2D eigenvalue weighted by molar-refractivity contribution is -0.115. The summed E-state index contributed by atoms with van der Waals surface area (Å²) in [4.78, 5) is 20.3. The largest absolute Gasteiger partial charge is 0.357 e. The Morgan fingerprint density at radius 2 is 1.96 bits per heavy atom. The zero-order valence-electron chi connectivity index (χ0n) is 13.8. The molecule has 0 saturated heterocycles. The molecular weight excluding hydrogens is 453 g/mol. The van der Waals surface area contributed by atoms with E-state index >= 15 is 0 Å². The third-order valence-electron chi connectivity index (χ3n) is 3.04. The molecule has 0 radical (unpaired) electrons. The van der Waals surface area contributed by atoms with Gasteiger partial charge in [0.25, 0.3) is 0 Å². The molecule has 1 aromatic heterocycles. The molecule has 2 rings (SSSR count).